The van der Waals surface area contributed by atoms with Crippen LogP contribution in [0.1, 0.15) is 23.2 Å². The molecule has 0 atom stereocenters. The van der Waals surface area contributed by atoms with Crippen molar-refractivity contribution < 1.29 is 14.0 Å². The molecule has 0 unspecified atom stereocenters. The van der Waals surface area contributed by atoms with Crippen LogP contribution in [0, 0.1) is 11.7 Å². The van der Waals surface area contributed by atoms with Crippen molar-refractivity contribution in [2.45, 2.75) is 12.8 Å². The number of carbonyl (C=O) groups is 2. The Hall–Kier alpha value is -2.69. The molecule has 0 heterocycles. The summed E-state index contributed by atoms with van der Waals surface area (Å²) in [7, 11) is 0. The Kier molecular flexibility index (Phi) is 3.87. The second-order valence-corrected chi connectivity index (χ2v) is 5.27. The Labute approximate surface area is 127 Å². The van der Waals surface area contributed by atoms with Gasteiger partial charge in [0.2, 0.25) is 5.91 Å². The number of anilines is 2. The largest absolute Gasteiger partial charge is 0.326 e. The van der Waals surface area contributed by atoms with E-state index in [-0.39, 0.29) is 17.4 Å². The summed E-state index contributed by atoms with van der Waals surface area (Å²) < 4.78 is 13.5. The lowest BCUT2D eigenvalue weighted by Crippen LogP contribution is -2.14. The quantitative estimate of drug-likeness (QED) is 0.908. The van der Waals surface area contributed by atoms with E-state index in [4.69, 9.17) is 0 Å². The third-order valence-electron chi connectivity index (χ3n) is 3.48. The molecule has 1 aliphatic carbocycles. The minimum Gasteiger partial charge on any atom is -0.326 e. The molecule has 0 radical (unpaired) electrons. The molecule has 1 fully saturated rings. The summed E-state index contributed by atoms with van der Waals surface area (Å²) in [5, 5.41) is 5.44. The topological polar surface area (TPSA) is 58.2 Å². The van der Waals surface area contributed by atoms with Gasteiger partial charge in [-0.2, -0.15) is 0 Å². The highest BCUT2D eigenvalue weighted by molar-refractivity contribution is 6.04. The smallest absolute Gasteiger partial charge is 0.258 e. The van der Waals surface area contributed by atoms with Gasteiger partial charge in [0.15, 0.2) is 0 Å². The molecule has 1 saturated carbocycles. The molecule has 112 valence electrons. The molecule has 2 amide bonds. The predicted octanol–water partition coefficient (Wildman–Crippen LogP) is 3.43. The normalized spacial score (nSPS) is 13.5. The Bertz CT molecular complexity index is 709. The van der Waals surface area contributed by atoms with Crippen LogP contribution >= 0.6 is 0 Å². The summed E-state index contributed by atoms with van der Waals surface area (Å²) in [5.41, 5.74) is 1.21. The molecule has 0 aliphatic heterocycles. The van der Waals surface area contributed by atoms with Gasteiger partial charge >= 0.3 is 0 Å². The fraction of sp³-hybridized carbons (Fsp3) is 0.176. The maximum Gasteiger partial charge on any atom is 0.258 e. The fourth-order valence-electron chi connectivity index (χ4n) is 2.07. The van der Waals surface area contributed by atoms with Crippen molar-refractivity contribution in [2.75, 3.05) is 10.6 Å². The average Bonchev–Trinajstić information content (AvgIpc) is 3.34. The molecule has 2 aromatic rings. The van der Waals surface area contributed by atoms with E-state index in [1.54, 1.807) is 30.3 Å². The summed E-state index contributed by atoms with van der Waals surface area (Å²) in [6.45, 7) is 0. The van der Waals surface area contributed by atoms with Crippen LogP contribution < -0.4 is 10.6 Å². The van der Waals surface area contributed by atoms with E-state index in [0.717, 1.165) is 12.8 Å². The highest BCUT2D eigenvalue weighted by atomic mass is 19.1. The number of rotatable bonds is 4. The Morgan fingerprint density at radius 1 is 0.909 bits per heavy atom. The first-order valence-corrected chi connectivity index (χ1v) is 7.10. The molecule has 3 rings (SSSR count). The van der Waals surface area contributed by atoms with Crippen molar-refractivity contribution in [3.63, 3.8) is 0 Å². The molecule has 4 nitrogen and oxygen atoms in total. The van der Waals surface area contributed by atoms with Gasteiger partial charge in [0.25, 0.3) is 5.91 Å². The SMILES string of the molecule is O=C(Nc1ccc(NC(=O)C2CC2)cc1)c1ccccc1F. The minimum absolute atomic E-state index is 0.00591. The van der Waals surface area contributed by atoms with Crippen molar-refractivity contribution in [3.05, 3.63) is 59.9 Å². The first-order chi connectivity index (χ1) is 10.6. The molecule has 0 spiro atoms. The van der Waals surface area contributed by atoms with Gasteiger partial charge in [0.1, 0.15) is 5.82 Å². The standard InChI is InChI=1S/C17H15FN2O2/c18-15-4-2-1-3-14(15)17(22)20-13-9-7-12(8-10-13)19-16(21)11-5-6-11/h1-4,7-11H,5-6H2,(H,19,21)(H,20,22). The molecule has 0 aromatic heterocycles. The lowest BCUT2D eigenvalue weighted by molar-refractivity contribution is -0.117. The van der Waals surface area contributed by atoms with Gasteiger partial charge in [-0.1, -0.05) is 12.1 Å². The van der Waals surface area contributed by atoms with Gasteiger partial charge in [-0.3, -0.25) is 9.59 Å². The highest BCUT2D eigenvalue weighted by Gasteiger charge is 2.29. The summed E-state index contributed by atoms with van der Waals surface area (Å²) >= 11 is 0. The van der Waals surface area contributed by atoms with Gasteiger partial charge < -0.3 is 10.6 Å². The van der Waals surface area contributed by atoms with Crippen LogP contribution in [-0.4, -0.2) is 11.8 Å². The van der Waals surface area contributed by atoms with Gasteiger partial charge in [-0.25, -0.2) is 4.39 Å². The molecular formula is C17H15FN2O2. The zero-order valence-corrected chi connectivity index (χ0v) is 11.8. The van der Waals surface area contributed by atoms with Crippen LogP contribution in [-0.2, 0) is 4.79 Å². The van der Waals surface area contributed by atoms with Crippen LogP contribution in [0.25, 0.3) is 0 Å². The third-order valence-corrected chi connectivity index (χ3v) is 3.48. The highest BCUT2D eigenvalue weighted by Crippen LogP contribution is 2.30. The number of hydrogen-bond acceptors (Lipinski definition) is 2. The maximum atomic E-state index is 13.5. The number of amides is 2. The Morgan fingerprint density at radius 3 is 2.09 bits per heavy atom. The summed E-state index contributed by atoms with van der Waals surface area (Å²) in [6, 6.07) is 12.6. The monoisotopic (exact) mass is 298 g/mol. The van der Waals surface area contributed by atoms with Crippen LogP contribution in [0.4, 0.5) is 15.8 Å². The first-order valence-electron chi connectivity index (χ1n) is 7.10. The van der Waals surface area contributed by atoms with E-state index in [1.165, 1.54) is 18.2 Å². The van der Waals surface area contributed by atoms with E-state index >= 15 is 0 Å². The van der Waals surface area contributed by atoms with Crippen LogP contribution in [0.2, 0.25) is 0 Å². The van der Waals surface area contributed by atoms with E-state index in [9.17, 15) is 14.0 Å². The van der Waals surface area contributed by atoms with E-state index in [0.29, 0.717) is 11.4 Å². The van der Waals surface area contributed by atoms with Crippen LogP contribution in [0.15, 0.2) is 48.5 Å². The molecule has 2 aromatic carbocycles. The van der Waals surface area contributed by atoms with E-state index in [2.05, 4.69) is 10.6 Å². The Balaban J connectivity index is 1.64. The lowest BCUT2D eigenvalue weighted by Gasteiger charge is -2.08. The van der Waals surface area contributed by atoms with Crippen molar-refractivity contribution in [2.24, 2.45) is 5.92 Å². The van der Waals surface area contributed by atoms with Gasteiger partial charge in [-0.15, -0.1) is 0 Å². The van der Waals surface area contributed by atoms with Gasteiger partial charge in [-0.05, 0) is 49.2 Å². The van der Waals surface area contributed by atoms with Crippen molar-refractivity contribution in [3.8, 4) is 0 Å². The van der Waals surface area contributed by atoms with Crippen molar-refractivity contribution in [1.82, 2.24) is 0 Å². The molecule has 1 aliphatic rings. The molecule has 0 saturated heterocycles. The second kappa shape index (κ2) is 5.97. The van der Waals surface area contributed by atoms with E-state index in [1.807, 2.05) is 0 Å². The molecular weight excluding hydrogens is 283 g/mol. The molecule has 5 heteroatoms. The van der Waals surface area contributed by atoms with Gasteiger partial charge in [0.05, 0.1) is 5.56 Å². The second-order valence-electron chi connectivity index (χ2n) is 5.27. The number of carbonyl (C=O) groups excluding carboxylic acids is 2. The van der Waals surface area contributed by atoms with Crippen LogP contribution in [0.5, 0.6) is 0 Å². The molecule has 0 bridgehead atoms. The third kappa shape index (κ3) is 3.31. The number of nitrogens with one attached hydrogen (secondary N) is 2. The van der Waals surface area contributed by atoms with Crippen LogP contribution in [0.3, 0.4) is 0 Å². The summed E-state index contributed by atoms with van der Waals surface area (Å²) in [5.74, 6) is -0.898. The summed E-state index contributed by atoms with van der Waals surface area (Å²) in [6.07, 6.45) is 1.89. The van der Waals surface area contributed by atoms with E-state index < -0.39 is 11.7 Å². The first kappa shape index (κ1) is 14.3. The number of hydrogen-bond donors (Lipinski definition) is 2. The zero-order chi connectivity index (χ0) is 15.5. The predicted molar refractivity (Wildman–Crippen MR) is 82.1 cm³/mol. The fourth-order valence-corrected chi connectivity index (χ4v) is 2.07. The van der Waals surface area contributed by atoms with Crippen molar-refractivity contribution in [1.29, 1.82) is 0 Å². The maximum absolute atomic E-state index is 13.5. The minimum atomic E-state index is -0.562. The number of halogens is 1. The molecule has 22 heavy (non-hydrogen) atoms. The van der Waals surface area contributed by atoms with Gasteiger partial charge in [0, 0.05) is 17.3 Å². The van der Waals surface area contributed by atoms with Crippen molar-refractivity contribution >= 4 is 23.2 Å². The Morgan fingerprint density at radius 2 is 1.50 bits per heavy atom. The summed E-state index contributed by atoms with van der Waals surface area (Å²) in [4.78, 5) is 23.6. The number of benzene rings is 2. The zero-order valence-electron chi connectivity index (χ0n) is 11.8. The lowest BCUT2D eigenvalue weighted by atomic mass is 10.2. The average molecular weight is 298 g/mol. The molecule has 2 N–H and O–H groups in total.